The van der Waals surface area contributed by atoms with E-state index >= 15 is 0 Å². The molecule has 21 heavy (non-hydrogen) atoms. The Bertz CT molecular complexity index is 531. The van der Waals surface area contributed by atoms with Crippen molar-refractivity contribution in [1.29, 1.82) is 0 Å². The molecule has 1 aromatic heterocycles. The van der Waals surface area contributed by atoms with E-state index in [1.54, 1.807) is 12.1 Å². The van der Waals surface area contributed by atoms with Gasteiger partial charge in [-0.1, -0.05) is 34.6 Å². The van der Waals surface area contributed by atoms with Gasteiger partial charge in [-0.25, -0.2) is 13.4 Å². The fourth-order valence-corrected chi connectivity index (χ4v) is 2.64. The molecule has 1 heterocycles. The first-order valence-corrected chi connectivity index (χ1v) is 8.80. The highest BCUT2D eigenvalue weighted by Crippen LogP contribution is 2.17. The number of sulfone groups is 1. The normalized spacial score (nSPS) is 12.7. The van der Waals surface area contributed by atoms with E-state index in [0.29, 0.717) is 19.0 Å². The van der Waals surface area contributed by atoms with Gasteiger partial charge in [0.15, 0.2) is 9.84 Å². The van der Waals surface area contributed by atoms with Gasteiger partial charge in [0.2, 0.25) is 5.88 Å². The topological polar surface area (TPSA) is 68.3 Å². The van der Waals surface area contributed by atoms with E-state index in [-0.39, 0.29) is 22.1 Å². The van der Waals surface area contributed by atoms with Crippen LogP contribution in [-0.4, -0.2) is 38.3 Å². The van der Waals surface area contributed by atoms with E-state index in [4.69, 9.17) is 4.74 Å². The van der Waals surface area contributed by atoms with Crippen molar-refractivity contribution < 1.29 is 13.2 Å². The number of aromatic nitrogens is 1. The number of hydrogen-bond donors (Lipinski definition) is 1. The van der Waals surface area contributed by atoms with E-state index in [0.717, 1.165) is 0 Å². The monoisotopic (exact) mass is 314 g/mol. The molecule has 0 aliphatic rings. The van der Waals surface area contributed by atoms with Gasteiger partial charge in [0.1, 0.15) is 0 Å². The summed E-state index contributed by atoms with van der Waals surface area (Å²) in [7, 11) is -3.30. The Hall–Kier alpha value is -1.14. The van der Waals surface area contributed by atoms with E-state index < -0.39 is 9.84 Å². The summed E-state index contributed by atoms with van der Waals surface area (Å²) in [5.41, 5.74) is 0.0366. The SMILES string of the molecule is CC(C)NCCS(=O)(=O)c1ccc(OCC(C)(C)C)nc1. The third-order valence-electron chi connectivity index (χ3n) is 2.64. The Morgan fingerprint density at radius 1 is 1.29 bits per heavy atom. The average molecular weight is 314 g/mol. The fraction of sp³-hybridized carbons (Fsp3) is 0.667. The van der Waals surface area contributed by atoms with E-state index in [1.165, 1.54) is 6.20 Å². The highest BCUT2D eigenvalue weighted by Gasteiger charge is 2.16. The lowest BCUT2D eigenvalue weighted by atomic mass is 9.99. The van der Waals surface area contributed by atoms with Crippen LogP contribution in [0.25, 0.3) is 0 Å². The lowest BCUT2D eigenvalue weighted by Gasteiger charge is -2.18. The van der Waals surface area contributed by atoms with Crippen LogP contribution >= 0.6 is 0 Å². The predicted molar refractivity (Wildman–Crippen MR) is 84.4 cm³/mol. The van der Waals surface area contributed by atoms with Crippen LogP contribution in [0.15, 0.2) is 23.2 Å². The Labute approximate surface area is 128 Å². The zero-order valence-corrected chi connectivity index (χ0v) is 14.3. The third-order valence-corrected chi connectivity index (χ3v) is 4.35. The summed E-state index contributed by atoms with van der Waals surface area (Å²) in [5, 5.41) is 3.10. The second-order valence-corrected chi connectivity index (χ2v) is 8.72. The molecule has 0 amide bonds. The molecule has 0 saturated heterocycles. The molecular formula is C15H26N2O3S. The Morgan fingerprint density at radius 2 is 1.95 bits per heavy atom. The molecule has 0 spiro atoms. The largest absolute Gasteiger partial charge is 0.477 e. The quantitative estimate of drug-likeness (QED) is 0.836. The van der Waals surface area contributed by atoms with Gasteiger partial charge in [-0.15, -0.1) is 0 Å². The average Bonchev–Trinajstić information content (AvgIpc) is 2.35. The molecule has 1 N–H and O–H groups in total. The molecule has 0 radical (unpaired) electrons. The smallest absolute Gasteiger partial charge is 0.213 e. The van der Waals surface area contributed by atoms with Crippen LogP contribution in [0.3, 0.4) is 0 Å². The molecule has 6 heteroatoms. The van der Waals surface area contributed by atoms with Crippen LogP contribution in [0.2, 0.25) is 0 Å². The molecule has 1 aromatic rings. The van der Waals surface area contributed by atoms with Gasteiger partial charge in [-0.05, 0) is 11.5 Å². The van der Waals surface area contributed by atoms with E-state index in [1.807, 2.05) is 13.8 Å². The van der Waals surface area contributed by atoms with Gasteiger partial charge in [0, 0.05) is 24.8 Å². The van der Waals surface area contributed by atoms with Crippen molar-refractivity contribution in [3.8, 4) is 5.88 Å². The number of pyridine rings is 1. The Kier molecular flexibility index (Phi) is 6.16. The molecule has 120 valence electrons. The summed E-state index contributed by atoms with van der Waals surface area (Å²) in [6.07, 6.45) is 1.36. The van der Waals surface area contributed by atoms with Crippen LogP contribution in [0.5, 0.6) is 5.88 Å². The first-order valence-electron chi connectivity index (χ1n) is 7.15. The van der Waals surface area contributed by atoms with Gasteiger partial charge in [-0.2, -0.15) is 0 Å². The third kappa shape index (κ3) is 6.91. The predicted octanol–water partition coefficient (Wildman–Crippen LogP) is 2.28. The maximum Gasteiger partial charge on any atom is 0.213 e. The van der Waals surface area contributed by atoms with E-state index in [2.05, 4.69) is 31.1 Å². The van der Waals surface area contributed by atoms with Crippen LogP contribution in [0, 0.1) is 5.41 Å². The number of ether oxygens (including phenoxy) is 1. The van der Waals surface area contributed by atoms with Crippen molar-refractivity contribution in [3.05, 3.63) is 18.3 Å². The second kappa shape index (κ2) is 7.22. The first kappa shape index (κ1) is 17.9. The van der Waals surface area contributed by atoms with Gasteiger partial charge in [-0.3, -0.25) is 0 Å². The maximum atomic E-state index is 12.1. The molecule has 0 saturated carbocycles. The molecule has 0 atom stereocenters. The first-order chi connectivity index (χ1) is 9.60. The van der Waals surface area contributed by atoms with Crippen LogP contribution < -0.4 is 10.1 Å². The molecular weight excluding hydrogens is 288 g/mol. The zero-order chi connectivity index (χ0) is 16.1. The zero-order valence-electron chi connectivity index (χ0n) is 13.5. The molecule has 0 fully saturated rings. The van der Waals surface area contributed by atoms with Crippen LogP contribution in [0.1, 0.15) is 34.6 Å². The van der Waals surface area contributed by atoms with Crippen LogP contribution in [0.4, 0.5) is 0 Å². The Morgan fingerprint density at radius 3 is 2.43 bits per heavy atom. The van der Waals surface area contributed by atoms with Crippen molar-refractivity contribution >= 4 is 9.84 Å². The molecule has 0 aromatic carbocycles. The minimum Gasteiger partial charge on any atom is -0.477 e. The minimum atomic E-state index is -3.30. The van der Waals surface area contributed by atoms with Crippen molar-refractivity contribution in [2.75, 3.05) is 18.9 Å². The van der Waals surface area contributed by atoms with Crippen molar-refractivity contribution in [2.45, 2.75) is 45.6 Å². The maximum absolute atomic E-state index is 12.1. The highest BCUT2D eigenvalue weighted by atomic mass is 32.2. The fourth-order valence-electron chi connectivity index (χ4n) is 1.53. The minimum absolute atomic E-state index is 0.0366. The molecule has 5 nitrogen and oxygen atoms in total. The van der Waals surface area contributed by atoms with Crippen LogP contribution in [-0.2, 0) is 9.84 Å². The summed E-state index contributed by atoms with van der Waals surface area (Å²) in [5.74, 6) is 0.513. The summed E-state index contributed by atoms with van der Waals surface area (Å²) in [4.78, 5) is 4.30. The van der Waals surface area contributed by atoms with Gasteiger partial charge in [0.25, 0.3) is 0 Å². The molecule has 1 rings (SSSR count). The number of nitrogens with one attached hydrogen (secondary N) is 1. The molecule has 0 aliphatic carbocycles. The Balaban J connectivity index is 2.64. The van der Waals surface area contributed by atoms with Gasteiger partial charge < -0.3 is 10.1 Å². The number of rotatable bonds is 7. The van der Waals surface area contributed by atoms with E-state index in [9.17, 15) is 8.42 Å². The summed E-state index contributed by atoms with van der Waals surface area (Å²) < 4.78 is 29.8. The van der Waals surface area contributed by atoms with Gasteiger partial charge in [0.05, 0.1) is 17.3 Å². The highest BCUT2D eigenvalue weighted by molar-refractivity contribution is 7.91. The standard InChI is InChI=1S/C15H26N2O3S/c1-12(2)16-8-9-21(18,19)13-6-7-14(17-10-13)20-11-15(3,4)5/h6-7,10,12,16H,8-9,11H2,1-5H3. The summed E-state index contributed by atoms with van der Waals surface area (Å²) in [6, 6.07) is 3.43. The lowest BCUT2D eigenvalue weighted by molar-refractivity contribution is 0.191. The van der Waals surface area contributed by atoms with Gasteiger partial charge >= 0.3 is 0 Å². The summed E-state index contributed by atoms with van der Waals surface area (Å²) >= 11 is 0. The van der Waals surface area contributed by atoms with Crippen molar-refractivity contribution in [1.82, 2.24) is 10.3 Å². The molecule has 0 bridgehead atoms. The molecule has 0 unspecified atom stereocenters. The van der Waals surface area contributed by atoms with Crippen molar-refractivity contribution in [3.63, 3.8) is 0 Å². The number of hydrogen-bond acceptors (Lipinski definition) is 5. The molecule has 0 aliphatic heterocycles. The van der Waals surface area contributed by atoms with Crippen molar-refractivity contribution in [2.24, 2.45) is 5.41 Å². The summed E-state index contributed by atoms with van der Waals surface area (Å²) in [6.45, 7) is 11.1. The number of nitrogens with zero attached hydrogens (tertiary/aromatic N) is 1. The lowest BCUT2D eigenvalue weighted by Crippen LogP contribution is -2.28. The second-order valence-electron chi connectivity index (χ2n) is 6.61.